The standard InChI is InChI=1S/C93H134N22O21/c1-9-11-23-71-85(128)103-62(36-51(3)4)82(125)109-69(80(123)100-46-77(97)119)45-98-47-78(120)101-65(38-53-28-30-56(116)31-29-53)90(133)113-34-18-17-26-72(113)86(129)107-67(42-76(96)118)91(134)114-35-19-27-73(114)87(130)108-68(43-95)84(127)105-64(37-52(5)6)92(135)115-49-57(117)41-75(115)88(131)104-63(39-54-44-99-60-22-15-13-20-58(54)60)83(126)102-61(32-33-94)81(124)106-66(89(132)111(8)74(24-12-10-2)93(136)110(71)7)40-55-48-112(50-79(121)122)70-25-16-14-21-59(55)70/h13-16,20-22,25,28-31,44,48,51-52,57,61-69,71-75,98-99,116-117H,9-12,17-19,23-24,26-27,32-43,45-47,49-50,94-95H2,1-8H3,(H2,96,118)(H2,97,119)(H,100,123)(H,101,120)(H,102,126)(H,103,128)(H,104,131)(H,105,127)(H,106,124)(H,107,129)(H,108,130)(H,109,125)(H,121,122)/t57-,61+,62+,63+,64+,65+,66+,67+,68+,69+,71+,72+,73+,74+,75+/m1/s1. The molecule has 0 aliphatic carbocycles. The number of nitrogens with two attached hydrogens (primary N) is 4. The highest BCUT2D eigenvalue weighted by molar-refractivity contribution is 6.03. The van der Waals surface area contributed by atoms with Crippen LogP contribution in [0.5, 0.6) is 5.75 Å². The fraction of sp³-hybridized carbons (Fsp3) is 0.570. The molecule has 43 heteroatoms. The monoisotopic (exact) mass is 1900 g/mol. The number of para-hydroxylation sites is 2. The molecule has 4 saturated heterocycles. The number of H-pyrrole nitrogens is 1. The minimum absolute atomic E-state index is 0.000896. The summed E-state index contributed by atoms with van der Waals surface area (Å²) in [5.74, 6) is -17.7. The Labute approximate surface area is 788 Å². The fourth-order valence-corrected chi connectivity index (χ4v) is 17.9. The summed E-state index contributed by atoms with van der Waals surface area (Å²) >= 11 is 0. The zero-order chi connectivity index (χ0) is 99.5. The number of nitrogens with one attached hydrogen (secondary N) is 12. The van der Waals surface area contributed by atoms with E-state index < -0.39 is 243 Å². The first-order valence-corrected chi connectivity index (χ1v) is 46.7. The summed E-state index contributed by atoms with van der Waals surface area (Å²) in [5.41, 5.74) is 26.1. The number of rotatable bonds is 26. The number of aliphatic carboxylic acids is 1. The first-order chi connectivity index (χ1) is 64.7. The Hall–Kier alpha value is -13.2. The third-order valence-corrected chi connectivity index (χ3v) is 25.0. The quantitative estimate of drug-likeness (QED) is 0.0265. The number of aromatic nitrogens is 2. The number of aromatic amines is 1. The number of fused-ring (bicyclic) bond motifs is 5. The smallest absolute Gasteiger partial charge is 0.323 e. The Bertz CT molecular complexity index is 5120. The number of carboxylic acids is 1. The molecule has 4 aliphatic rings. The topological polar surface area (TPSA) is 641 Å². The molecule has 15 atom stereocenters. The maximum atomic E-state index is 16.0. The molecule has 742 valence electrons. The van der Waals surface area contributed by atoms with Crippen LogP contribution in [-0.4, -0.2) is 313 Å². The lowest BCUT2D eigenvalue weighted by atomic mass is 9.97. The zero-order valence-corrected chi connectivity index (χ0v) is 78.4. The van der Waals surface area contributed by atoms with Gasteiger partial charge in [-0.05, 0) is 124 Å². The van der Waals surface area contributed by atoms with Gasteiger partial charge in [-0.15, -0.1) is 0 Å². The predicted octanol–water partition coefficient (Wildman–Crippen LogP) is -2.85. The molecule has 4 fully saturated rings. The van der Waals surface area contributed by atoms with E-state index in [2.05, 4.69) is 63.5 Å². The Morgan fingerprint density at radius 1 is 0.515 bits per heavy atom. The van der Waals surface area contributed by atoms with E-state index in [9.17, 15) is 63.3 Å². The lowest BCUT2D eigenvalue weighted by Crippen LogP contribution is -2.62. The summed E-state index contributed by atoms with van der Waals surface area (Å²) in [6, 6.07) is -1.96. The minimum Gasteiger partial charge on any atom is -0.508 e. The number of aliphatic hydroxyl groups is 1. The number of primary amides is 2. The van der Waals surface area contributed by atoms with E-state index >= 15 is 38.4 Å². The largest absolute Gasteiger partial charge is 0.508 e. The van der Waals surface area contributed by atoms with Crippen molar-refractivity contribution in [1.29, 1.82) is 0 Å². The van der Waals surface area contributed by atoms with Crippen molar-refractivity contribution in [2.45, 2.75) is 261 Å². The van der Waals surface area contributed by atoms with Crippen LogP contribution < -0.4 is 81.4 Å². The number of nitrogens with zero attached hydrogens (tertiary/aromatic N) is 6. The molecule has 9 rings (SSSR count). The van der Waals surface area contributed by atoms with Gasteiger partial charge < -0.3 is 131 Å². The van der Waals surface area contributed by atoms with E-state index in [4.69, 9.17) is 22.9 Å². The lowest BCUT2D eigenvalue weighted by molar-refractivity contribution is -0.149. The lowest BCUT2D eigenvalue weighted by Gasteiger charge is -2.38. The first-order valence-electron chi connectivity index (χ1n) is 46.7. The summed E-state index contributed by atoms with van der Waals surface area (Å²) in [4.78, 5) is 273. The number of aromatic hydroxyl groups is 1. The second-order valence-corrected chi connectivity index (χ2v) is 36.3. The summed E-state index contributed by atoms with van der Waals surface area (Å²) in [6.45, 7) is 6.69. The van der Waals surface area contributed by atoms with Crippen molar-refractivity contribution in [1.82, 2.24) is 92.5 Å². The summed E-state index contributed by atoms with van der Waals surface area (Å²) in [7, 11) is 2.70. The average molecular weight is 1900 g/mol. The van der Waals surface area contributed by atoms with Gasteiger partial charge in [-0.1, -0.05) is 116 Å². The molecule has 17 amide bonds. The van der Waals surface area contributed by atoms with Crippen LogP contribution in [0.4, 0.5) is 0 Å². The summed E-state index contributed by atoms with van der Waals surface area (Å²) in [5, 5.41) is 62.5. The molecule has 0 spiro atoms. The number of phenolic OH excluding ortho intramolecular Hbond substituents is 1. The van der Waals surface area contributed by atoms with Gasteiger partial charge in [0.15, 0.2) is 0 Å². The first kappa shape index (κ1) is 107. The molecular formula is C93H134N22O21. The molecule has 43 nitrogen and oxygen atoms in total. The van der Waals surface area contributed by atoms with E-state index in [1.807, 2.05) is 13.8 Å². The molecule has 0 radical (unpaired) electrons. The van der Waals surface area contributed by atoms with Crippen molar-refractivity contribution >= 4 is 128 Å². The van der Waals surface area contributed by atoms with Crippen molar-refractivity contribution < 1.29 is 102 Å². The Morgan fingerprint density at radius 3 is 1.68 bits per heavy atom. The highest BCUT2D eigenvalue weighted by Gasteiger charge is 2.47. The number of benzene rings is 3. The van der Waals surface area contributed by atoms with Gasteiger partial charge in [0.05, 0.1) is 25.6 Å². The average Bonchev–Trinajstić information content (AvgIpc) is 1.58. The molecule has 0 unspecified atom stereocenters. The Balaban J connectivity index is 1.11. The Morgan fingerprint density at radius 2 is 1.04 bits per heavy atom. The molecule has 0 bridgehead atoms. The van der Waals surface area contributed by atoms with Crippen LogP contribution in [0, 0.1) is 11.8 Å². The van der Waals surface area contributed by atoms with Gasteiger partial charge in [0, 0.05) is 107 Å². The maximum Gasteiger partial charge on any atom is 0.323 e. The number of phenols is 1. The van der Waals surface area contributed by atoms with Gasteiger partial charge in [0.1, 0.15) is 96.9 Å². The van der Waals surface area contributed by atoms with Crippen LogP contribution in [-0.2, 0) is 112 Å². The number of hydrogen-bond donors (Lipinski definition) is 19. The number of likely N-dealkylation sites (N-methyl/N-ethyl adjacent to an activating group) is 2. The van der Waals surface area contributed by atoms with E-state index in [0.717, 1.165) is 19.6 Å². The molecule has 3 aromatic carbocycles. The van der Waals surface area contributed by atoms with Gasteiger partial charge in [-0.3, -0.25) is 86.3 Å². The molecule has 23 N–H and O–H groups in total. The number of carbonyl (C=O) groups is 18. The van der Waals surface area contributed by atoms with E-state index in [0.29, 0.717) is 77.0 Å². The number of amides is 17. The van der Waals surface area contributed by atoms with Crippen LogP contribution >= 0.6 is 0 Å². The number of unbranched alkanes of at least 4 members (excludes halogenated alkanes) is 2. The second kappa shape index (κ2) is 50.4. The summed E-state index contributed by atoms with van der Waals surface area (Å²) in [6.07, 6.45) is 1.72. The molecular weight excluding hydrogens is 1760 g/mol. The van der Waals surface area contributed by atoms with Crippen LogP contribution in [0.15, 0.2) is 85.2 Å². The van der Waals surface area contributed by atoms with Gasteiger partial charge in [-0.25, -0.2) is 0 Å². The number of carbonyl (C=O) groups excluding carboxylic acids is 17. The Kier molecular flexibility index (Phi) is 39.5. The highest BCUT2D eigenvalue weighted by Crippen LogP contribution is 2.30. The minimum atomic E-state index is -1.75. The van der Waals surface area contributed by atoms with E-state index in [1.165, 1.54) is 54.0 Å². The molecule has 5 aromatic rings. The third kappa shape index (κ3) is 29.0. The van der Waals surface area contributed by atoms with Gasteiger partial charge in [0.25, 0.3) is 0 Å². The van der Waals surface area contributed by atoms with Gasteiger partial charge in [-0.2, -0.15) is 0 Å². The second-order valence-electron chi connectivity index (χ2n) is 36.3. The molecule has 6 heterocycles. The van der Waals surface area contributed by atoms with Crippen LogP contribution in [0.2, 0.25) is 0 Å². The molecule has 0 saturated carbocycles. The van der Waals surface area contributed by atoms with Gasteiger partial charge >= 0.3 is 5.97 Å². The third-order valence-electron chi connectivity index (χ3n) is 25.0. The van der Waals surface area contributed by atoms with Crippen LogP contribution in [0.1, 0.15) is 161 Å². The van der Waals surface area contributed by atoms with E-state index in [1.54, 1.807) is 82.4 Å². The maximum absolute atomic E-state index is 16.0. The number of aliphatic hydroxyl groups excluding tert-OH is 1. The normalized spacial score (nSPS) is 25.2. The van der Waals surface area contributed by atoms with Crippen molar-refractivity contribution in [3.05, 3.63) is 102 Å². The summed E-state index contributed by atoms with van der Waals surface area (Å²) < 4.78 is 1.44. The highest BCUT2D eigenvalue weighted by atomic mass is 16.4. The SMILES string of the molecule is CCCC[C@H]1C(=O)N(C)[C@@H](CCCC)C(=O)N[C@@H](CC(C)C)C(=O)N[C@H](C(=O)NCC(N)=O)CNCC(=O)N[C@@H](Cc2ccc(O)cc2)C(=O)N2CCCC[C@H]2C(=O)N[C@@H](CC(N)=O)C(=O)N2CCC[C@H]2C(=O)N[C@@H](CN)C(=O)N[C@@H](CC(C)C)C(=O)N2C[C@H](O)C[C@H]2C(=O)N[C@@H](Cc2c[nH]c3ccccc23)C(=O)N[C@@H](CCN)C(=O)N[C@@H](Cc2cn(CC(=O)O)c3ccccc23)C(=O)N1C. The van der Waals surface area contributed by atoms with Crippen molar-refractivity contribution in [2.75, 3.05) is 66.5 Å². The number of piperidine rings is 1. The van der Waals surface area contributed by atoms with Gasteiger partial charge in [0.2, 0.25) is 100 Å². The molecule has 4 aliphatic heterocycles. The van der Waals surface area contributed by atoms with Crippen molar-refractivity contribution in [3.63, 3.8) is 0 Å². The predicted molar refractivity (Wildman–Crippen MR) is 497 cm³/mol. The molecule has 2 aromatic heterocycles. The molecule has 136 heavy (non-hydrogen) atoms. The van der Waals surface area contributed by atoms with E-state index in [-0.39, 0.29) is 114 Å². The van der Waals surface area contributed by atoms with Crippen molar-refractivity contribution in [2.24, 2.45) is 34.8 Å². The van der Waals surface area contributed by atoms with Crippen LogP contribution in [0.3, 0.4) is 0 Å². The fourth-order valence-electron chi connectivity index (χ4n) is 17.9. The van der Waals surface area contributed by atoms with Crippen LogP contribution in [0.25, 0.3) is 21.8 Å². The number of hydrogen-bond acceptors (Lipinski definition) is 23. The number of carboxylic acid groups (broad SMARTS) is 1. The van der Waals surface area contributed by atoms with Crippen molar-refractivity contribution in [3.8, 4) is 5.75 Å². The zero-order valence-electron chi connectivity index (χ0n) is 78.4.